The van der Waals surface area contributed by atoms with Gasteiger partial charge in [0, 0.05) is 0 Å². The molecule has 68 valence electrons. The SMILES string of the molecule is c1ccc([C@@H]2CC23CCCC3)cc1. The topological polar surface area (TPSA) is 0 Å². The summed E-state index contributed by atoms with van der Waals surface area (Å²) in [5, 5.41) is 0. The van der Waals surface area contributed by atoms with E-state index in [1.165, 1.54) is 32.1 Å². The van der Waals surface area contributed by atoms with E-state index in [1.54, 1.807) is 5.56 Å². The Morgan fingerprint density at radius 3 is 2.38 bits per heavy atom. The van der Waals surface area contributed by atoms with Crippen molar-refractivity contribution < 1.29 is 0 Å². The van der Waals surface area contributed by atoms with Crippen LogP contribution in [0.2, 0.25) is 0 Å². The van der Waals surface area contributed by atoms with Crippen molar-refractivity contribution in [1.29, 1.82) is 0 Å². The van der Waals surface area contributed by atoms with E-state index in [0.717, 1.165) is 11.3 Å². The lowest BCUT2D eigenvalue weighted by Crippen LogP contribution is -1.95. The van der Waals surface area contributed by atoms with Crippen LogP contribution in [0.3, 0.4) is 0 Å². The minimum atomic E-state index is 0.765. The van der Waals surface area contributed by atoms with Crippen molar-refractivity contribution in [2.75, 3.05) is 0 Å². The van der Waals surface area contributed by atoms with Crippen LogP contribution in [0, 0.1) is 5.41 Å². The van der Waals surface area contributed by atoms with Crippen molar-refractivity contribution in [3.05, 3.63) is 35.9 Å². The van der Waals surface area contributed by atoms with Crippen LogP contribution >= 0.6 is 0 Å². The molecule has 0 N–H and O–H groups in total. The summed E-state index contributed by atoms with van der Waals surface area (Å²) < 4.78 is 0. The lowest BCUT2D eigenvalue weighted by atomic mass is 9.98. The van der Waals surface area contributed by atoms with Crippen LogP contribution in [-0.4, -0.2) is 0 Å². The Hall–Kier alpha value is -0.780. The first kappa shape index (κ1) is 7.61. The summed E-state index contributed by atoms with van der Waals surface area (Å²) in [6, 6.07) is 11.1. The summed E-state index contributed by atoms with van der Waals surface area (Å²) in [4.78, 5) is 0. The van der Waals surface area contributed by atoms with Crippen LogP contribution < -0.4 is 0 Å². The number of hydrogen-bond acceptors (Lipinski definition) is 0. The summed E-state index contributed by atoms with van der Waals surface area (Å²) in [6.45, 7) is 0. The maximum Gasteiger partial charge on any atom is -0.00996 e. The van der Waals surface area contributed by atoms with E-state index in [-0.39, 0.29) is 0 Å². The molecule has 0 aromatic heterocycles. The van der Waals surface area contributed by atoms with E-state index in [9.17, 15) is 0 Å². The summed E-state index contributed by atoms with van der Waals surface area (Å²) >= 11 is 0. The van der Waals surface area contributed by atoms with Crippen molar-refractivity contribution in [3.63, 3.8) is 0 Å². The predicted molar refractivity (Wildman–Crippen MR) is 54.7 cm³/mol. The highest BCUT2D eigenvalue weighted by atomic mass is 14.6. The fraction of sp³-hybridized carbons (Fsp3) is 0.538. The fourth-order valence-electron chi connectivity index (χ4n) is 3.14. The van der Waals surface area contributed by atoms with Crippen molar-refractivity contribution in [1.82, 2.24) is 0 Å². The molecule has 2 aliphatic carbocycles. The van der Waals surface area contributed by atoms with Crippen molar-refractivity contribution >= 4 is 0 Å². The summed E-state index contributed by atoms with van der Waals surface area (Å²) in [5.41, 5.74) is 2.35. The fourth-order valence-corrected chi connectivity index (χ4v) is 3.14. The van der Waals surface area contributed by atoms with E-state index in [1.807, 2.05) is 0 Å². The second-order valence-electron chi connectivity index (χ2n) is 4.74. The van der Waals surface area contributed by atoms with Gasteiger partial charge in [-0.1, -0.05) is 43.2 Å². The average molecular weight is 172 g/mol. The molecule has 0 radical (unpaired) electrons. The molecule has 0 unspecified atom stereocenters. The van der Waals surface area contributed by atoms with Crippen LogP contribution in [0.15, 0.2) is 30.3 Å². The largest absolute Gasteiger partial charge is 0.0622 e. The Balaban J connectivity index is 1.83. The number of hydrogen-bond donors (Lipinski definition) is 0. The minimum absolute atomic E-state index is 0.765. The molecule has 0 heteroatoms. The average Bonchev–Trinajstić information content (AvgIpc) is 2.66. The standard InChI is InChI=1S/C13H16/c1-2-6-11(7-3-1)12-10-13(12)8-4-5-9-13/h1-3,6-7,12H,4-5,8-10H2/t12-/m0/s1. The Morgan fingerprint density at radius 2 is 1.69 bits per heavy atom. The molecule has 2 aliphatic rings. The van der Waals surface area contributed by atoms with E-state index in [2.05, 4.69) is 30.3 Å². The van der Waals surface area contributed by atoms with Gasteiger partial charge in [-0.2, -0.15) is 0 Å². The number of rotatable bonds is 1. The highest BCUT2D eigenvalue weighted by Gasteiger charge is 2.55. The Bertz CT molecular complexity index is 293. The molecule has 2 fully saturated rings. The first-order valence-corrected chi connectivity index (χ1v) is 5.46. The van der Waals surface area contributed by atoms with Gasteiger partial charge in [-0.15, -0.1) is 0 Å². The molecule has 0 aliphatic heterocycles. The first-order valence-electron chi connectivity index (χ1n) is 5.46. The van der Waals surface area contributed by atoms with Gasteiger partial charge >= 0.3 is 0 Å². The molecule has 1 spiro atoms. The minimum Gasteiger partial charge on any atom is -0.0622 e. The maximum absolute atomic E-state index is 2.30. The lowest BCUT2D eigenvalue weighted by Gasteiger charge is -2.07. The highest BCUT2D eigenvalue weighted by molar-refractivity contribution is 5.30. The quantitative estimate of drug-likeness (QED) is 0.605. The maximum atomic E-state index is 2.30. The third-order valence-electron chi connectivity index (χ3n) is 3.99. The van der Waals surface area contributed by atoms with Crippen LogP contribution in [-0.2, 0) is 0 Å². The second kappa shape index (κ2) is 2.60. The molecule has 0 amide bonds. The van der Waals surface area contributed by atoms with Gasteiger partial charge in [-0.05, 0) is 36.2 Å². The smallest absolute Gasteiger partial charge is 0.00996 e. The molecule has 13 heavy (non-hydrogen) atoms. The molecule has 1 aromatic carbocycles. The van der Waals surface area contributed by atoms with E-state index < -0.39 is 0 Å². The van der Waals surface area contributed by atoms with Crippen LogP contribution in [0.5, 0.6) is 0 Å². The molecular formula is C13H16. The summed E-state index contributed by atoms with van der Waals surface area (Å²) in [6.07, 6.45) is 7.41. The predicted octanol–water partition coefficient (Wildman–Crippen LogP) is 3.73. The van der Waals surface area contributed by atoms with Gasteiger partial charge in [0.05, 0.1) is 0 Å². The zero-order valence-electron chi connectivity index (χ0n) is 8.00. The Labute approximate surface area is 80.0 Å². The van der Waals surface area contributed by atoms with Gasteiger partial charge < -0.3 is 0 Å². The molecule has 0 saturated heterocycles. The van der Waals surface area contributed by atoms with Gasteiger partial charge in [-0.25, -0.2) is 0 Å². The van der Waals surface area contributed by atoms with Gasteiger partial charge in [0.1, 0.15) is 0 Å². The molecule has 0 heterocycles. The zero-order chi connectivity index (χ0) is 8.73. The van der Waals surface area contributed by atoms with Crippen molar-refractivity contribution in [2.24, 2.45) is 5.41 Å². The third-order valence-corrected chi connectivity index (χ3v) is 3.99. The van der Waals surface area contributed by atoms with Crippen molar-refractivity contribution in [2.45, 2.75) is 38.0 Å². The molecule has 1 aromatic rings. The molecule has 1 atom stereocenters. The summed E-state index contributed by atoms with van der Waals surface area (Å²) in [7, 11) is 0. The normalized spacial score (nSPS) is 29.4. The second-order valence-corrected chi connectivity index (χ2v) is 4.74. The summed E-state index contributed by atoms with van der Waals surface area (Å²) in [5.74, 6) is 0.913. The molecule has 2 saturated carbocycles. The molecular weight excluding hydrogens is 156 g/mol. The molecule has 0 bridgehead atoms. The van der Waals surface area contributed by atoms with Gasteiger partial charge in [-0.3, -0.25) is 0 Å². The Kier molecular flexibility index (Phi) is 1.52. The van der Waals surface area contributed by atoms with Gasteiger partial charge in [0.2, 0.25) is 0 Å². The van der Waals surface area contributed by atoms with Gasteiger partial charge in [0.25, 0.3) is 0 Å². The molecule has 3 rings (SSSR count). The van der Waals surface area contributed by atoms with Crippen molar-refractivity contribution in [3.8, 4) is 0 Å². The van der Waals surface area contributed by atoms with Gasteiger partial charge in [0.15, 0.2) is 0 Å². The zero-order valence-corrected chi connectivity index (χ0v) is 8.00. The first-order chi connectivity index (χ1) is 6.41. The lowest BCUT2D eigenvalue weighted by molar-refractivity contribution is 0.512. The third kappa shape index (κ3) is 1.12. The molecule has 0 nitrogen and oxygen atoms in total. The van der Waals surface area contributed by atoms with E-state index in [0.29, 0.717) is 0 Å². The van der Waals surface area contributed by atoms with Crippen LogP contribution in [0.25, 0.3) is 0 Å². The highest BCUT2D eigenvalue weighted by Crippen LogP contribution is 2.67. The van der Waals surface area contributed by atoms with Crippen LogP contribution in [0.4, 0.5) is 0 Å². The number of benzene rings is 1. The van der Waals surface area contributed by atoms with E-state index >= 15 is 0 Å². The monoisotopic (exact) mass is 172 g/mol. The Morgan fingerprint density at radius 1 is 1.00 bits per heavy atom. The van der Waals surface area contributed by atoms with E-state index in [4.69, 9.17) is 0 Å². The van der Waals surface area contributed by atoms with Crippen LogP contribution in [0.1, 0.15) is 43.6 Å².